The predicted octanol–water partition coefficient (Wildman–Crippen LogP) is 1.91. The second-order valence-corrected chi connectivity index (χ2v) is 5.81. The van der Waals surface area contributed by atoms with Crippen molar-refractivity contribution in [1.29, 1.82) is 0 Å². The molecule has 0 aromatic carbocycles. The predicted molar refractivity (Wildman–Crippen MR) is 65.0 cm³/mol. The molecule has 3 unspecified atom stereocenters. The molecule has 0 bridgehead atoms. The lowest BCUT2D eigenvalue weighted by Crippen LogP contribution is -2.37. The topological polar surface area (TPSA) is 6.48 Å². The Kier molecular flexibility index (Phi) is 3.36. The third-order valence-electron chi connectivity index (χ3n) is 4.58. The molecule has 2 rings (SSSR count). The second-order valence-electron chi connectivity index (χ2n) is 5.81. The van der Waals surface area contributed by atoms with Gasteiger partial charge in [0.1, 0.15) is 0 Å². The van der Waals surface area contributed by atoms with Crippen LogP contribution in [-0.2, 0) is 0 Å². The van der Waals surface area contributed by atoms with Crippen LogP contribution in [0.3, 0.4) is 0 Å². The Balaban J connectivity index is 1.88. The number of nitrogens with zero attached hydrogens (tertiary/aromatic N) is 2. The highest BCUT2D eigenvalue weighted by atomic mass is 15.2. The van der Waals surface area contributed by atoms with E-state index in [9.17, 15) is 0 Å². The van der Waals surface area contributed by atoms with Crippen molar-refractivity contribution in [3.05, 3.63) is 0 Å². The Morgan fingerprint density at radius 3 is 1.93 bits per heavy atom. The maximum Gasteiger partial charge on any atom is 0.00901 e. The highest BCUT2D eigenvalue weighted by Gasteiger charge is 2.40. The van der Waals surface area contributed by atoms with Crippen LogP contribution in [0.2, 0.25) is 0 Å². The van der Waals surface area contributed by atoms with E-state index in [1.807, 2.05) is 0 Å². The van der Waals surface area contributed by atoms with E-state index < -0.39 is 0 Å². The molecule has 2 fully saturated rings. The summed E-state index contributed by atoms with van der Waals surface area (Å²) in [5.74, 6) is 2.73. The smallest absolute Gasteiger partial charge is 0.00901 e. The minimum atomic E-state index is 0.769. The van der Waals surface area contributed by atoms with Crippen molar-refractivity contribution in [3.63, 3.8) is 0 Å². The number of hydrogen-bond acceptors (Lipinski definition) is 2. The first-order valence-electron chi connectivity index (χ1n) is 6.58. The molecular formula is C13H26N2. The van der Waals surface area contributed by atoms with Crippen LogP contribution in [0, 0.1) is 17.8 Å². The Bertz CT molecular complexity index is 201. The van der Waals surface area contributed by atoms with Crippen molar-refractivity contribution in [2.24, 2.45) is 17.8 Å². The highest BCUT2D eigenvalue weighted by molar-refractivity contribution is 4.94. The first-order chi connectivity index (χ1) is 7.11. The summed E-state index contributed by atoms with van der Waals surface area (Å²) in [7, 11) is 0. The van der Waals surface area contributed by atoms with Gasteiger partial charge in [0.25, 0.3) is 0 Å². The molecule has 2 aliphatic heterocycles. The van der Waals surface area contributed by atoms with Crippen LogP contribution in [0.4, 0.5) is 0 Å². The van der Waals surface area contributed by atoms with Gasteiger partial charge in [-0.2, -0.15) is 0 Å². The number of hydrogen-bond donors (Lipinski definition) is 0. The number of fused-ring (bicyclic) bond motifs is 1. The summed E-state index contributed by atoms with van der Waals surface area (Å²) in [5.41, 5.74) is 0. The standard InChI is InChI=1S/C13H26N2/c1-5-14-6-12-8-15(9-13(12)7-14)11(4)10(2)3/h10-13H,5-9H2,1-4H3. The Labute approximate surface area is 94.6 Å². The van der Waals surface area contributed by atoms with E-state index in [1.54, 1.807) is 0 Å². The van der Waals surface area contributed by atoms with Crippen molar-refractivity contribution >= 4 is 0 Å². The van der Waals surface area contributed by atoms with Crippen LogP contribution < -0.4 is 0 Å². The molecule has 2 aliphatic rings. The molecule has 0 aromatic heterocycles. The summed E-state index contributed by atoms with van der Waals surface area (Å²) in [5, 5.41) is 0. The fourth-order valence-electron chi connectivity index (χ4n) is 3.14. The maximum atomic E-state index is 2.72. The van der Waals surface area contributed by atoms with E-state index in [4.69, 9.17) is 0 Å². The van der Waals surface area contributed by atoms with E-state index >= 15 is 0 Å². The summed E-state index contributed by atoms with van der Waals surface area (Å²) >= 11 is 0. The van der Waals surface area contributed by atoms with Crippen LogP contribution in [0.15, 0.2) is 0 Å². The zero-order chi connectivity index (χ0) is 11.0. The average molecular weight is 210 g/mol. The van der Waals surface area contributed by atoms with Crippen molar-refractivity contribution in [2.45, 2.75) is 33.7 Å². The highest BCUT2D eigenvalue weighted by Crippen LogP contribution is 2.32. The van der Waals surface area contributed by atoms with Gasteiger partial charge in [0.05, 0.1) is 0 Å². The van der Waals surface area contributed by atoms with Gasteiger partial charge in [0, 0.05) is 32.2 Å². The Hall–Kier alpha value is -0.0800. The fourth-order valence-corrected chi connectivity index (χ4v) is 3.14. The second kappa shape index (κ2) is 4.42. The number of rotatable bonds is 3. The molecule has 0 aliphatic carbocycles. The van der Waals surface area contributed by atoms with Gasteiger partial charge in [-0.05, 0) is 31.2 Å². The van der Waals surface area contributed by atoms with Gasteiger partial charge in [-0.1, -0.05) is 20.8 Å². The van der Waals surface area contributed by atoms with Crippen LogP contribution in [0.25, 0.3) is 0 Å². The lowest BCUT2D eigenvalue weighted by atomic mass is 10.0. The summed E-state index contributed by atoms with van der Waals surface area (Å²) in [4.78, 5) is 5.33. The molecule has 0 radical (unpaired) electrons. The third kappa shape index (κ3) is 2.21. The van der Waals surface area contributed by atoms with Crippen LogP contribution >= 0.6 is 0 Å². The largest absolute Gasteiger partial charge is 0.303 e. The molecule has 0 N–H and O–H groups in total. The third-order valence-corrected chi connectivity index (χ3v) is 4.58. The molecule has 0 aromatic rings. The van der Waals surface area contributed by atoms with Gasteiger partial charge in [0.15, 0.2) is 0 Å². The molecule has 2 heterocycles. The quantitative estimate of drug-likeness (QED) is 0.702. The van der Waals surface area contributed by atoms with Gasteiger partial charge >= 0.3 is 0 Å². The lowest BCUT2D eigenvalue weighted by molar-refractivity contribution is 0.180. The Morgan fingerprint density at radius 2 is 1.53 bits per heavy atom. The van der Waals surface area contributed by atoms with Gasteiger partial charge in [-0.25, -0.2) is 0 Å². The molecular weight excluding hydrogens is 184 g/mol. The molecule has 2 heteroatoms. The molecule has 88 valence electrons. The number of likely N-dealkylation sites (tertiary alicyclic amines) is 2. The molecule has 0 spiro atoms. The van der Waals surface area contributed by atoms with E-state index in [-0.39, 0.29) is 0 Å². The lowest BCUT2D eigenvalue weighted by Gasteiger charge is -2.29. The zero-order valence-electron chi connectivity index (χ0n) is 10.7. The van der Waals surface area contributed by atoms with E-state index in [1.165, 1.54) is 32.7 Å². The first kappa shape index (κ1) is 11.4. The van der Waals surface area contributed by atoms with Gasteiger partial charge < -0.3 is 4.90 Å². The van der Waals surface area contributed by atoms with Crippen LogP contribution in [-0.4, -0.2) is 48.6 Å². The summed E-state index contributed by atoms with van der Waals surface area (Å²) < 4.78 is 0. The molecule has 2 saturated heterocycles. The van der Waals surface area contributed by atoms with Gasteiger partial charge in [-0.3, -0.25) is 4.90 Å². The minimum absolute atomic E-state index is 0.769. The molecule has 3 atom stereocenters. The molecule has 0 saturated carbocycles. The SMILES string of the molecule is CCN1CC2CN(C(C)C(C)C)CC2C1. The minimum Gasteiger partial charge on any atom is -0.303 e. The maximum absolute atomic E-state index is 2.72. The molecule has 0 amide bonds. The molecule has 15 heavy (non-hydrogen) atoms. The van der Waals surface area contributed by atoms with Crippen molar-refractivity contribution in [1.82, 2.24) is 9.80 Å². The molecule has 2 nitrogen and oxygen atoms in total. The monoisotopic (exact) mass is 210 g/mol. The van der Waals surface area contributed by atoms with E-state index in [0.717, 1.165) is 23.8 Å². The first-order valence-corrected chi connectivity index (χ1v) is 6.58. The Morgan fingerprint density at radius 1 is 1.00 bits per heavy atom. The van der Waals surface area contributed by atoms with Crippen molar-refractivity contribution < 1.29 is 0 Å². The van der Waals surface area contributed by atoms with Crippen molar-refractivity contribution in [2.75, 3.05) is 32.7 Å². The summed E-state index contributed by atoms with van der Waals surface area (Å²) in [6.45, 7) is 16.0. The summed E-state index contributed by atoms with van der Waals surface area (Å²) in [6.07, 6.45) is 0. The zero-order valence-corrected chi connectivity index (χ0v) is 10.7. The van der Waals surface area contributed by atoms with Gasteiger partial charge in [-0.15, -0.1) is 0 Å². The normalized spacial score (nSPS) is 35.0. The fraction of sp³-hybridized carbons (Fsp3) is 1.00. The van der Waals surface area contributed by atoms with Crippen LogP contribution in [0.1, 0.15) is 27.7 Å². The summed E-state index contributed by atoms with van der Waals surface area (Å²) in [6, 6.07) is 0.769. The van der Waals surface area contributed by atoms with Gasteiger partial charge in [0.2, 0.25) is 0 Å². The average Bonchev–Trinajstić information content (AvgIpc) is 2.72. The van der Waals surface area contributed by atoms with Crippen molar-refractivity contribution in [3.8, 4) is 0 Å². The van der Waals surface area contributed by atoms with Crippen LogP contribution in [0.5, 0.6) is 0 Å². The van der Waals surface area contributed by atoms with E-state index in [0.29, 0.717) is 0 Å². The van der Waals surface area contributed by atoms with E-state index in [2.05, 4.69) is 37.5 Å².